The van der Waals surface area contributed by atoms with Gasteiger partial charge in [-0.15, -0.1) is 0 Å². The molecule has 2 atom stereocenters. The molecule has 2 unspecified atom stereocenters. The highest BCUT2D eigenvalue weighted by atomic mass is 35.5. The highest BCUT2D eigenvalue weighted by molar-refractivity contribution is 7.99. The van der Waals surface area contributed by atoms with Gasteiger partial charge in [0.05, 0.1) is 33.0 Å². The average Bonchev–Trinajstić information content (AvgIpc) is 3.04. The number of aromatic nitrogens is 2. The number of ether oxygens (including phenoxy) is 2. The van der Waals surface area contributed by atoms with Crippen molar-refractivity contribution in [2.75, 3.05) is 40.3 Å². The summed E-state index contributed by atoms with van der Waals surface area (Å²) in [5, 5.41) is 6.79. The van der Waals surface area contributed by atoms with Gasteiger partial charge in [-0.3, -0.25) is 14.6 Å². The molecule has 3 amide bonds. The van der Waals surface area contributed by atoms with Gasteiger partial charge in [0.15, 0.2) is 0 Å². The zero-order valence-electron chi connectivity index (χ0n) is 25.2. The van der Waals surface area contributed by atoms with Gasteiger partial charge in [0.2, 0.25) is 11.9 Å². The van der Waals surface area contributed by atoms with Crippen molar-refractivity contribution in [2.45, 2.75) is 50.9 Å². The van der Waals surface area contributed by atoms with Crippen LogP contribution < -0.4 is 34.6 Å². The van der Waals surface area contributed by atoms with Gasteiger partial charge in [0, 0.05) is 41.9 Å². The molecule has 1 fully saturated rings. The van der Waals surface area contributed by atoms with Crippen molar-refractivity contribution in [2.24, 2.45) is 0 Å². The minimum atomic E-state index is -0.386. The first-order valence-electron chi connectivity index (χ1n) is 14.4. The predicted octanol–water partition coefficient (Wildman–Crippen LogP) is 6.66. The Labute approximate surface area is 276 Å². The fourth-order valence-corrected chi connectivity index (χ4v) is 6.70. The molecule has 0 spiro atoms. The number of benzene rings is 2. The number of hydrogen-bond acceptors (Lipinski definition) is 9. The summed E-state index contributed by atoms with van der Waals surface area (Å²) in [6.45, 7) is 3.89. The molecule has 1 aromatic heterocycles. The number of nitrogens with zero attached hydrogens (tertiary/aromatic N) is 4. The third kappa shape index (κ3) is 7.03. The van der Waals surface area contributed by atoms with Crippen LogP contribution in [0.5, 0.6) is 11.5 Å². The van der Waals surface area contributed by atoms with Crippen LogP contribution in [0.25, 0.3) is 0 Å². The molecular weight excluding hydrogens is 637 g/mol. The van der Waals surface area contributed by atoms with E-state index in [1.807, 2.05) is 30.5 Å². The maximum absolute atomic E-state index is 14.4. The summed E-state index contributed by atoms with van der Waals surface area (Å²) >= 11 is 15.0. The Balaban J connectivity index is 1.55. The van der Waals surface area contributed by atoms with Crippen LogP contribution in [0, 0.1) is 0 Å². The maximum Gasteiger partial charge on any atom is 0.330 e. The number of fused-ring (bicyclic) bond motifs is 1. The van der Waals surface area contributed by atoms with Crippen LogP contribution in [0.1, 0.15) is 36.8 Å². The number of rotatable bonds is 11. The van der Waals surface area contributed by atoms with Crippen molar-refractivity contribution in [3.63, 3.8) is 0 Å². The fourth-order valence-electron chi connectivity index (χ4n) is 5.63. The molecule has 5 rings (SSSR count). The number of halogens is 2. The first-order valence-corrected chi connectivity index (χ1v) is 16.4. The van der Waals surface area contributed by atoms with Gasteiger partial charge < -0.3 is 24.8 Å². The van der Waals surface area contributed by atoms with Crippen molar-refractivity contribution in [1.29, 1.82) is 0 Å². The number of carbonyl (C=O) groups is 2. The number of anilines is 4. The molecule has 45 heavy (non-hydrogen) atoms. The van der Waals surface area contributed by atoms with E-state index in [4.69, 9.17) is 37.7 Å². The molecule has 11 nitrogen and oxygen atoms in total. The summed E-state index contributed by atoms with van der Waals surface area (Å²) in [6, 6.07) is 8.81. The van der Waals surface area contributed by atoms with E-state index in [1.54, 1.807) is 17.2 Å². The van der Waals surface area contributed by atoms with Crippen molar-refractivity contribution < 1.29 is 19.1 Å². The Kier molecular flexibility index (Phi) is 10.5. The summed E-state index contributed by atoms with van der Waals surface area (Å²) in [6.07, 6.45) is 8.59. The second-order valence-electron chi connectivity index (χ2n) is 10.6. The number of urea groups is 1. The number of methoxy groups -OCH3 is 2. The van der Waals surface area contributed by atoms with Gasteiger partial charge in [0.1, 0.15) is 27.4 Å². The molecule has 1 aliphatic carbocycles. The second kappa shape index (κ2) is 14.5. The lowest BCUT2D eigenvalue weighted by molar-refractivity contribution is -0.117. The Morgan fingerprint density at radius 1 is 1.13 bits per heavy atom. The topological polar surface area (TPSA) is 121 Å². The van der Waals surface area contributed by atoms with Gasteiger partial charge in [-0.1, -0.05) is 66.7 Å². The van der Waals surface area contributed by atoms with E-state index in [9.17, 15) is 9.59 Å². The Morgan fingerprint density at radius 2 is 1.84 bits per heavy atom. The molecule has 238 valence electrons. The van der Waals surface area contributed by atoms with E-state index in [2.05, 4.69) is 26.9 Å². The maximum atomic E-state index is 14.4. The summed E-state index contributed by atoms with van der Waals surface area (Å²) in [5.74, 6) is 1.23. The zero-order valence-corrected chi connectivity index (χ0v) is 27.6. The number of carbonyl (C=O) groups excluding carboxylic acids is 2. The second-order valence-corrected chi connectivity index (χ2v) is 12.0. The van der Waals surface area contributed by atoms with Crippen LogP contribution in [0.2, 0.25) is 10.0 Å². The summed E-state index contributed by atoms with van der Waals surface area (Å²) in [4.78, 5) is 39.0. The van der Waals surface area contributed by atoms with Crippen LogP contribution in [-0.2, 0) is 17.9 Å². The van der Waals surface area contributed by atoms with Crippen LogP contribution in [-0.4, -0.2) is 54.5 Å². The molecule has 2 aromatic carbocycles. The first-order chi connectivity index (χ1) is 21.8. The molecule has 1 aliphatic heterocycles. The van der Waals surface area contributed by atoms with E-state index < -0.39 is 0 Å². The van der Waals surface area contributed by atoms with Gasteiger partial charge in [0.25, 0.3) is 0 Å². The normalized spacial score (nSPS) is 17.8. The third-order valence-electron chi connectivity index (χ3n) is 7.79. The van der Waals surface area contributed by atoms with Gasteiger partial charge in [-0.05, 0) is 36.6 Å². The molecule has 1 saturated carbocycles. The van der Waals surface area contributed by atoms with Crippen LogP contribution in [0.4, 0.5) is 27.9 Å². The lowest BCUT2D eigenvalue weighted by atomic mass is 9.90. The van der Waals surface area contributed by atoms with Crippen molar-refractivity contribution in [3.8, 4) is 11.5 Å². The molecule has 3 N–H and O–H groups in total. The highest BCUT2D eigenvalue weighted by Crippen LogP contribution is 2.48. The van der Waals surface area contributed by atoms with Crippen molar-refractivity contribution in [1.82, 2.24) is 15.3 Å². The minimum Gasteiger partial charge on any atom is -0.495 e. The van der Waals surface area contributed by atoms with Crippen molar-refractivity contribution in [3.05, 3.63) is 70.4 Å². The predicted molar refractivity (Wildman–Crippen MR) is 181 cm³/mol. The van der Waals surface area contributed by atoms with E-state index in [0.29, 0.717) is 28.8 Å². The van der Waals surface area contributed by atoms with Crippen molar-refractivity contribution >= 4 is 70.2 Å². The molecule has 3 aromatic rings. The lowest BCUT2D eigenvalue weighted by Crippen LogP contribution is -2.49. The lowest BCUT2D eigenvalue weighted by Gasteiger charge is -2.37. The number of hydrogen-bond donors (Lipinski definition) is 3. The molecule has 0 bridgehead atoms. The van der Waals surface area contributed by atoms with E-state index >= 15 is 0 Å². The minimum absolute atomic E-state index is 0.0823. The molecule has 0 radical (unpaired) electrons. The van der Waals surface area contributed by atoms with Gasteiger partial charge in [-0.2, -0.15) is 4.98 Å². The molecule has 14 heteroatoms. The number of nitrogens with one attached hydrogen (secondary N) is 3. The summed E-state index contributed by atoms with van der Waals surface area (Å²) in [5.41, 5.74) is 2.73. The Morgan fingerprint density at radius 3 is 2.51 bits per heavy atom. The zero-order chi connectivity index (χ0) is 32.1. The van der Waals surface area contributed by atoms with E-state index in [-0.39, 0.29) is 52.8 Å². The highest BCUT2D eigenvalue weighted by Gasteiger charge is 2.37. The molecule has 2 aliphatic rings. The number of amides is 3. The smallest absolute Gasteiger partial charge is 0.330 e. The standard InChI is InChI=1S/C31H35Cl2N7O4S/c1-5-25(41)35-21-11-6-7-12-22(21)36-30-34-15-19-17-39(28-26(32)23(43-2)14-24(44-3)27(28)33)31(42)40(29(19)37-30)16-18-9-8-10-20(13-18)38-45-4/h5,8-10,13-15,21-22,38H,1,6-7,11-12,16-17H2,2-4H3,(H,35,41)(H,34,36,37). The fraction of sp³-hybridized carbons (Fsp3) is 0.355. The quantitative estimate of drug-likeness (QED) is 0.152. The molecular formula is C31H35Cl2N7O4S. The summed E-state index contributed by atoms with van der Waals surface area (Å²) < 4.78 is 14.2. The third-order valence-corrected chi connectivity index (χ3v) is 8.96. The van der Waals surface area contributed by atoms with Crippen LogP contribution in [0.3, 0.4) is 0 Å². The van der Waals surface area contributed by atoms with Crippen LogP contribution >= 0.6 is 35.1 Å². The monoisotopic (exact) mass is 671 g/mol. The first kappa shape index (κ1) is 32.5. The van der Waals surface area contributed by atoms with Crippen LogP contribution in [0.15, 0.2) is 49.2 Å². The van der Waals surface area contributed by atoms with E-state index in [0.717, 1.165) is 36.9 Å². The average molecular weight is 673 g/mol. The Bertz CT molecular complexity index is 1570. The SMILES string of the molecule is C=CC(=O)NC1CCCCC1Nc1ncc2c(n1)N(Cc1cccc(NSC)c1)C(=O)N(c1c(Cl)c(OC)cc(OC)c1Cl)C2. The summed E-state index contributed by atoms with van der Waals surface area (Å²) in [7, 11) is 2.96. The van der Waals surface area contributed by atoms with Gasteiger partial charge in [-0.25, -0.2) is 9.78 Å². The molecule has 0 saturated heterocycles. The van der Waals surface area contributed by atoms with E-state index in [1.165, 1.54) is 37.1 Å². The largest absolute Gasteiger partial charge is 0.495 e. The molecule has 2 heterocycles. The van der Waals surface area contributed by atoms with Gasteiger partial charge >= 0.3 is 6.03 Å². The Hall–Kier alpha value is -3.87.